The highest BCUT2D eigenvalue weighted by Crippen LogP contribution is 2.18. The topological polar surface area (TPSA) is 244 Å². The molecule has 202 valence electrons. The van der Waals surface area contributed by atoms with Crippen LogP contribution in [0.5, 0.6) is 0 Å². The average molecular weight is 522 g/mol. The summed E-state index contributed by atoms with van der Waals surface area (Å²) in [5, 5.41) is 44.9. The van der Waals surface area contributed by atoms with Crippen LogP contribution in [0.1, 0.15) is 25.3 Å². The molecule has 2 rings (SSSR count). The van der Waals surface area contributed by atoms with E-state index in [-0.39, 0.29) is 6.42 Å². The lowest BCUT2D eigenvalue weighted by Gasteiger charge is -2.25. The number of aliphatic hydroxyl groups excluding tert-OH is 2. The molecular formula is C23H31N5O9. The third kappa shape index (κ3) is 8.27. The lowest BCUT2D eigenvalue weighted by atomic mass is 10.0. The molecule has 0 aliphatic rings. The van der Waals surface area contributed by atoms with Crippen molar-refractivity contribution in [2.75, 3.05) is 6.61 Å². The fourth-order valence-corrected chi connectivity index (χ4v) is 3.55. The second-order valence-corrected chi connectivity index (χ2v) is 8.47. The molecule has 14 nitrogen and oxygen atoms in total. The number of nitrogens with one attached hydrogen (secondary N) is 4. The number of carboxylic acid groups (broad SMARTS) is 2. The number of carbonyl (C=O) groups excluding carboxylic acids is 3. The summed E-state index contributed by atoms with van der Waals surface area (Å²) in [5.41, 5.74) is 7.64. The van der Waals surface area contributed by atoms with Gasteiger partial charge in [-0.05, 0) is 31.4 Å². The van der Waals surface area contributed by atoms with Gasteiger partial charge in [0, 0.05) is 23.5 Å². The Bertz CT molecular complexity index is 1130. The van der Waals surface area contributed by atoms with Crippen molar-refractivity contribution >= 4 is 40.6 Å². The molecule has 0 saturated heterocycles. The van der Waals surface area contributed by atoms with Crippen LogP contribution in [0.15, 0.2) is 30.5 Å². The van der Waals surface area contributed by atoms with Gasteiger partial charge >= 0.3 is 11.9 Å². The highest BCUT2D eigenvalue weighted by Gasteiger charge is 2.32. The first-order valence-electron chi connectivity index (χ1n) is 11.4. The van der Waals surface area contributed by atoms with Gasteiger partial charge in [0.2, 0.25) is 17.7 Å². The number of hydrogen-bond acceptors (Lipinski definition) is 8. The lowest BCUT2D eigenvalue weighted by Crippen LogP contribution is -2.60. The first kappa shape index (κ1) is 29.2. The van der Waals surface area contributed by atoms with Gasteiger partial charge in [-0.3, -0.25) is 19.2 Å². The number of carboxylic acids is 2. The maximum Gasteiger partial charge on any atom is 0.326 e. The molecule has 10 N–H and O–H groups in total. The zero-order valence-electron chi connectivity index (χ0n) is 20.0. The number of hydrogen-bond donors (Lipinski definition) is 9. The molecule has 1 heterocycles. The molecule has 0 radical (unpaired) electrons. The third-order valence-electron chi connectivity index (χ3n) is 5.59. The fraction of sp³-hybridized carbons (Fsp3) is 0.435. The van der Waals surface area contributed by atoms with Crippen LogP contribution in [0.25, 0.3) is 10.9 Å². The van der Waals surface area contributed by atoms with Gasteiger partial charge in [0.25, 0.3) is 0 Å². The molecule has 0 bridgehead atoms. The predicted octanol–water partition coefficient (Wildman–Crippen LogP) is -2.19. The summed E-state index contributed by atoms with van der Waals surface area (Å²) >= 11 is 0. The van der Waals surface area contributed by atoms with Gasteiger partial charge in [-0.15, -0.1) is 0 Å². The highest BCUT2D eigenvalue weighted by atomic mass is 16.4. The van der Waals surface area contributed by atoms with Gasteiger partial charge < -0.3 is 47.1 Å². The van der Waals surface area contributed by atoms with Crippen LogP contribution in [-0.2, 0) is 30.4 Å². The van der Waals surface area contributed by atoms with Gasteiger partial charge in [0.15, 0.2) is 0 Å². The van der Waals surface area contributed by atoms with E-state index in [4.69, 9.17) is 10.8 Å². The molecule has 0 aliphatic heterocycles. The number of H-pyrrole nitrogens is 1. The van der Waals surface area contributed by atoms with E-state index in [2.05, 4.69) is 15.6 Å². The SMILES string of the molecule is CC(O)C(NC(=O)C(N)Cc1c[nH]c2ccccc12)C(=O)NC(CO)C(=O)NC(CCC(=O)O)C(=O)O. The zero-order valence-corrected chi connectivity index (χ0v) is 20.0. The second kappa shape index (κ2) is 13.3. The fourth-order valence-electron chi connectivity index (χ4n) is 3.55. The molecule has 1 aromatic carbocycles. The van der Waals surface area contributed by atoms with Crippen LogP contribution < -0.4 is 21.7 Å². The lowest BCUT2D eigenvalue weighted by molar-refractivity contribution is -0.143. The summed E-state index contributed by atoms with van der Waals surface area (Å²) in [7, 11) is 0. The molecule has 1 aromatic heterocycles. The molecule has 3 amide bonds. The van der Waals surface area contributed by atoms with E-state index in [9.17, 15) is 39.3 Å². The number of amides is 3. The molecule has 37 heavy (non-hydrogen) atoms. The number of carbonyl (C=O) groups is 5. The monoisotopic (exact) mass is 521 g/mol. The van der Waals surface area contributed by atoms with E-state index < -0.39 is 79.4 Å². The molecule has 14 heteroatoms. The van der Waals surface area contributed by atoms with Crippen LogP contribution in [0, 0.1) is 0 Å². The van der Waals surface area contributed by atoms with E-state index in [0.29, 0.717) is 0 Å². The molecule has 5 atom stereocenters. The van der Waals surface area contributed by atoms with E-state index in [1.165, 1.54) is 6.92 Å². The Labute approximate surface area is 211 Å². The first-order valence-corrected chi connectivity index (χ1v) is 11.4. The van der Waals surface area contributed by atoms with Gasteiger partial charge in [0.1, 0.15) is 18.1 Å². The summed E-state index contributed by atoms with van der Waals surface area (Å²) in [6.45, 7) is 0.277. The Morgan fingerprint density at radius 2 is 1.62 bits per heavy atom. The third-order valence-corrected chi connectivity index (χ3v) is 5.59. The molecule has 0 saturated carbocycles. The van der Waals surface area contributed by atoms with Crippen LogP contribution in [0.3, 0.4) is 0 Å². The summed E-state index contributed by atoms with van der Waals surface area (Å²) in [6, 6.07) is 1.53. The predicted molar refractivity (Wildman–Crippen MR) is 129 cm³/mol. The van der Waals surface area contributed by atoms with E-state index in [0.717, 1.165) is 16.5 Å². The normalized spacial score (nSPS) is 15.1. The van der Waals surface area contributed by atoms with E-state index in [1.54, 1.807) is 6.20 Å². The molecule has 0 aliphatic carbocycles. The van der Waals surface area contributed by atoms with Crippen molar-refractivity contribution in [3.05, 3.63) is 36.0 Å². The average Bonchev–Trinajstić information content (AvgIpc) is 3.25. The smallest absolute Gasteiger partial charge is 0.326 e. The van der Waals surface area contributed by atoms with Crippen molar-refractivity contribution in [2.45, 2.75) is 56.5 Å². The van der Waals surface area contributed by atoms with Gasteiger partial charge in [-0.25, -0.2) is 4.79 Å². The van der Waals surface area contributed by atoms with Crippen LogP contribution >= 0.6 is 0 Å². The molecular weight excluding hydrogens is 490 g/mol. The van der Waals surface area contributed by atoms with Crippen molar-refractivity contribution in [3.63, 3.8) is 0 Å². The Kier molecular flexibility index (Phi) is 10.5. The number of aliphatic carboxylic acids is 2. The van der Waals surface area contributed by atoms with Crippen LogP contribution in [0.4, 0.5) is 0 Å². The maximum absolute atomic E-state index is 12.7. The number of nitrogens with two attached hydrogens (primary N) is 1. The summed E-state index contributed by atoms with van der Waals surface area (Å²) < 4.78 is 0. The Balaban J connectivity index is 2.02. The highest BCUT2D eigenvalue weighted by molar-refractivity contribution is 5.94. The summed E-state index contributed by atoms with van der Waals surface area (Å²) in [4.78, 5) is 62.9. The van der Waals surface area contributed by atoms with Gasteiger partial charge in [-0.1, -0.05) is 18.2 Å². The number of benzene rings is 1. The minimum Gasteiger partial charge on any atom is -0.481 e. The van der Waals surface area contributed by atoms with E-state index >= 15 is 0 Å². The van der Waals surface area contributed by atoms with E-state index in [1.807, 2.05) is 29.6 Å². The second-order valence-electron chi connectivity index (χ2n) is 8.47. The quantitative estimate of drug-likeness (QED) is 0.130. The minimum atomic E-state index is -1.64. The zero-order chi connectivity index (χ0) is 27.7. The molecule has 0 fully saturated rings. The number of para-hydroxylation sites is 1. The standard InChI is InChI=1S/C23H31N5O9/c1-11(30)19(28-20(33)14(24)8-12-9-25-15-5-3-2-4-13(12)15)22(35)27-17(10-29)21(34)26-16(23(36)37)6-7-18(31)32/h2-5,9,11,14,16-17,19,25,29-30H,6-8,10,24H2,1H3,(H,26,34)(H,27,35)(H,28,33)(H,31,32)(H,36,37). The summed E-state index contributed by atoms with van der Waals surface area (Å²) in [5.74, 6) is -5.66. The minimum absolute atomic E-state index is 0.124. The van der Waals surface area contributed by atoms with Crippen molar-refractivity contribution in [1.29, 1.82) is 0 Å². The number of rotatable bonds is 14. The van der Waals surface area contributed by atoms with Crippen molar-refractivity contribution in [2.24, 2.45) is 5.73 Å². The van der Waals surface area contributed by atoms with Crippen molar-refractivity contribution in [1.82, 2.24) is 20.9 Å². The number of fused-ring (bicyclic) bond motifs is 1. The Morgan fingerprint density at radius 3 is 2.22 bits per heavy atom. The Hall–Kier alpha value is -4.01. The first-order chi connectivity index (χ1) is 17.4. The number of aliphatic hydroxyl groups is 2. The van der Waals surface area contributed by atoms with Gasteiger partial charge in [0.05, 0.1) is 18.8 Å². The number of aromatic nitrogens is 1. The molecule has 2 aromatic rings. The van der Waals surface area contributed by atoms with Gasteiger partial charge in [-0.2, -0.15) is 0 Å². The Morgan fingerprint density at radius 1 is 0.973 bits per heavy atom. The van der Waals surface area contributed by atoms with Crippen molar-refractivity contribution < 1.29 is 44.4 Å². The van der Waals surface area contributed by atoms with Crippen LogP contribution in [-0.4, -0.2) is 91.9 Å². The van der Waals surface area contributed by atoms with Crippen molar-refractivity contribution in [3.8, 4) is 0 Å². The largest absolute Gasteiger partial charge is 0.481 e. The molecule has 0 spiro atoms. The number of aromatic amines is 1. The molecule has 5 unspecified atom stereocenters. The maximum atomic E-state index is 12.7. The summed E-state index contributed by atoms with van der Waals surface area (Å²) in [6.07, 6.45) is -0.555. The van der Waals surface area contributed by atoms with Crippen LogP contribution in [0.2, 0.25) is 0 Å².